The first kappa shape index (κ1) is 18.4. The van der Waals surface area contributed by atoms with E-state index in [0.29, 0.717) is 11.7 Å². The number of rotatable bonds is 6. The van der Waals surface area contributed by atoms with Crippen molar-refractivity contribution in [3.05, 3.63) is 22.4 Å². The van der Waals surface area contributed by atoms with E-state index in [2.05, 4.69) is 32.2 Å². The number of imide groups is 1. The molecular weight excluding hydrogens is 348 g/mol. The van der Waals surface area contributed by atoms with Gasteiger partial charge in [0.05, 0.1) is 12.3 Å². The Labute approximate surface area is 148 Å². The molecule has 8 nitrogen and oxygen atoms in total. The van der Waals surface area contributed by atoms with Crippen LogP contribution in [0.25, 0.3) is 0 Å². The van der Waals surface area contributed by atoms with Gasteiger partial charge in [-0.25, -0.2) is 9.48 Å². The number of hydrogen-bond donors (Lipinski definition) is 2. The van der Waals surface area contributed by atoms with Gasteiger partial charge < -0.3 is 5.32 Å². The van der Waals surface area contributed by atoms with Gasteiger partial charge in [0.2, 0.25) is 11.1 Å². The summed E-state index contributed by atoms with van der Waals surface area (Å²) in [5.74, 6) is -0.328. The Morgan fingerprint density at radius 1 is 1.38 bits per heavy atom. The quantitative estimate of drug-likeness (QED) is 0.753. The van der Waals surface area contributed by atoms with E-state index >= 15 is 0 Å². The summed E-state index contributed by atoms with van der Waals surface area (Å²) in [6.07, 6.45) is 0.830. The number of urea groups is 1. The van der Waals surface area contributed by atoms with Gasteiger partial charge in [-0.2, -0.15) is 0 Å². The molecule has 0 aromatic carbocycles. The number of nitrogens with zero attached hydrogens (tertiary/aromatic N) is 4. The van der Waals surface area contributed by atoms with Crippen LogP contribution in [0.3, 0.4) is 0 Å². The van der Waals surface area contributed by atoms with E-state index in [-0.39, 0.29) is 5.75 Å². The van der Waals surface area contributed by atoms with E-state index in [1.807, 2.05) is 32.2 Å². The maximum absolute atomic E-state index is 11.8. The van der Waals surface area contributed by atoms with Crippen molar-refractivity contribution in [2.24, 2.45) is 0 Å². The zero-order chi connectivity index (χ0) is 17.6. The van der Waals surface area contributed by atoms with Crippen LogP contribution in [0.2, 0.25) is 0 Å². The fraction of sp³-hybridized carbons (Fsp3) is 0.500. The highest BCUT2D eigenvalue weighted by Gasteiger charge is 2.16. The van der Waals surface area contributed by atoms with Crippen molar-refractivity contribution >= 4 is 35.0 Å². The van der Waals surface area contributed by atoms with Crippen molar-refractivity contribution in [3.8, 4) is 0 Å². The van der Waals surface area contributed by atoms with E-state index in [9.17, 15) is 9.59 Å². The highest BCUT2D eigenvalue weighted by molar-refractivity contribution is 7.99. The number of carbonyl (C=O) groups is 2. The van der Waals surface area contributed by atoms with E-state index in [4.69, 9.17) is 0 Å². The molecule has 0 atom stereocenters. The number of hydrogen-bond acceptors (Lipinski definition) is 7. The van der Waals surface area contributed by atoms with Gasteiger partial charge in [-0.15, -0.1) is 16.4 Å². The summed E-state index contributed by atoms with van der Waals surface area (Å²) < 4.78 is 1.66. The number of tetrazole rings is 1. The first-order valence-electron chi connectivity index (χ1n) is 7.37. The minimum atomic E-state index is -0.509. The van der Waals surface area contributed by atoms with Crippen LogP contribution in [0.4, 0.5) is 4.79 Å². The fourth-order valence-corrected chi connectivity index (χ4v) is 3.18. The number of aromatic nitrogens is 4. The van der Waals surface area contributed by atoms with E-state index in [0.717, 1.165) is 6.42 Å². The largest absolute Gasteiger partial charge is 0.333 e. The second kappa shape index (κ2) is 8.25. The molecule has 0 unspecified atom stereocenters. The van der Waals surface area contributed by atoms with Gasteiger partial charge in [-0.1, -0.05) is 17.8 Å². The van der Waals surface area contributed by atoms with Crippen LogP contribution in [0.5, 0.6) is 0 Å². The lowest BCUT2D eigenvalue weighted by Gasteiger charge is -2.20. The molecule has 0 fully saturated rings. The van der Waals surface area contributed by atoms with Crippen molar-refractivity contribution in [2.75, 3.05) is 5.75 Å². The average molecular weight is 368 g/mol. The minimum absolute atomic E-state index is 0.0664. The normalized spacial score (nSPS) is 11.3. The van der Waals surface area contributed by atoms with E-state index in [1.165, 1.54) is 16.6 Å². The van der Waals surface area contributed by atoms with Crippen LogP contribution in [-0.2, 0) is 17.8 Å². The molecule has 2 heterocycles. The van der Waals surface area contributed by atoms with Crippen LogP contribution in [-0.4, -0.2) is 43.4 Å². The van der Waals surface area contributed by atoms with Crippen LogP contribution in [0.1, 0.15) is 25.6 Å². The monoisotopic (exact) mass is 368 g/mol. The van der Waals surface area contributed by atoms with E-state index < -0.39 is 17.5 Å². The van der Waals surface area contributed by atoms with Gasteiger partial charge >= 0.3 is 6.03 Å². The molecule has 0 aliphatic heterocycles. The first-order valence-corrected chi connectivity index (χ1v) is 9.23. The summed E-state index contributed by atoms with van der Waals surface area (Å²) in [7, 11) is 0. The van der Waals surface area contributed by atoms with Gasteiger partial charge in [-0.05, 0) is 42.6 Å². The maximum atomic E-state index is 11.8. The molecule has 0 radical (unpaired) electrons. The molecule has 24 heavy (non-hydrogen) atoms. The summed E-state index contributed by atoms with van der Waals surface area (Å²) in [5.41, 5.74) is -0.399. The summed E-state index contributed by atoms with van der Waals surface area (Å²) in [5, 5.41) is 19.0. The van der Waals surface area contributed by atoms with Crippen molar-refractivity contribution in [2.45, 2.75) is 44.4 Å². The molecular formula is C14H20N6O2S2. The molecule has 0 saturated heterocycles. The third kappa shape index (κ3) is 6.28. The van der Waals surface area contributed by atoms with Crippen LogP contribution >= 0.6 is 23.1 Å². The molecule has 3 amide bonds. The van der Waals surface area contributed by atoms with Crippen molar-refractivity contribution < 1.29 is 9.59 Å². The van der Waals surface area contributed by atoms with E-state index in [1.54, 1.807) is 16.0 Å². The Hall–Kier alpha value is -1.94. The average Bonchev–Trinajstić information content (AvgIpc) is 3.12. The number of amides is 3. The molecule has 130 valence electrons. The number of thiophene rings is 1. The van der Waals surface area contributed by atoms with Crippen LogP contribution in [0.15, 0.2) is 22.7 Å². The summed E-state index contributed by atoms with van der Waals surface area (Å²) in [4.78, 5) is 24.7. The van der Waals surface area contributed by atoms with Gasteiger partial charge in [0.15, 0.2) is 0 Å². The number of nitrogens with one attached hydrogen (secondary N) is 2. The predicted octanol–water partition coefficient (Wildman–Crippen LogP) is 1.69. The van der Waals surface area contributed by atoms with Crippen molar-refractivity contribution in [3.63, 3.8) is 0 Å². The Bertz CT molecular complexity index is 678. The highest BCUT2D eigenvalue weighted by atomic mass is 32.2. The summed E-state index contributed by atoms with van der Waals surface area (Å²) >= 11 is 2.88. The van der Waals surface area contributed by atoms with Gasteiger partial charge in [-0.3, -0.25) is 10.1 Å². The number of thioether (sulfide) groups is 1. The standard InChI is InChI=1S/C14H20N6O2S2/c1-14(2,3)16-12(22)15-11(21)9-24-13-17-18-19-20(13)7-6-10-5-4-8-23-10/h4-5,8H,6-7,9H2,1-3H3,(H2,15,16,21,22). The molecule has 2 N–H and O–H groups in total. The smallest absolute Gasteiger partial charge is 0.321 e. The van der Waals surface area contributed by atoms with Gasteiger partial charge in [0.1, 0.15) is 0 Å². The Morgan fingerprint density at radius 3 is 2.83 bits per heavy atom. The van der Waals surface area contributed by atoms with Crippen molar-refractivity contribution in [1.29, 1.82) is 0 Å². The molecule has 2 rings (SSSR count). The molecule has 0 bridgehead atoms. The minimum Gasteiger partial charge on any atom is -0.333 e. The second-order valence-electron chi connectivity index (χ2n) is 6.05. The predicted molar refractivity (Wildman–Crippen MR) is 93.0 cm³/mol. The highest BCUT2D eigenvalue weighted by Crippen LogP contribution is 2.15. The third-order valence-electron chi connectivity index (χ3n) is 2.72. The Balaban J connectivity index is 1.79. The zero-order valence-corrected chi connectivity index (χ0v) is 15.4. The lowest BCUT2D eigenvalue weighted by atomic mass is 10.1. The Morgan fingerprint density at radius 2 is 2.17 bits per heavy atom. The number of carbonyl (C=O) groups excluding carboxylic acids is 2. The van der Waals surface area contributed by atoms with Gasteiger partial charge in [0.25, 0.3) is 0 Å². The SMILES string of the molecule is CC(C)(C)NC(=O)NC(=O)CSc1nnnn1CCc1cccs1. The molecule has 0 saturated carbocycles. The topological polar surface area (TPSA) is 102 Å². The fourth-order valence-electron chi connectivity index (χ4n) is 1.78. The molecule has 0 aliphatic carbocycles. The lowest BCUT2D eigenvalue weighted by molar-refractivity contribution is -0.117. The zero-order valence-electron chi connectivity index (χ0n) is 13.8. The molecule has 0 aliphatic rings. The van der Waals surface area contributed by atoms with Crippen LogP contribution < -0.4 is 10.6 Å². The summed E-state index contributed by atoms with van der Waals surface area (Å²) in [6.45, 7) is 6.16. The van der Waals surface area contributed by atoms with Crippen molar-refractivity contribution in [1.82, 2.24) is 30.8 Å². The first-order chi connectivity index (χ1) is 11.3. The van der Waals surface area contributed by atoms with Gasteiger partial charge in [0, 0.05) is 16.8 Å². The van der Waals surface area contributed by atoms with Crippen LogP contribution in [0, 0.1) is 0 Å². The maximum Gasteiger partial charge on any atom is 0.321 e. The molecule has 2 aromatic heterocycles. The lowest BCUT2D eigenvalue weighted by Crippen LogP contribution is -2.48. The molecule has 2 aromatic rings. The number of aryl methyl sites for hydroxylation is 2. The molecule has 0 spiro atoms. The third-order valence-corrected chi connectivity index (χ3v) is 4.62. The molecule has 10 heteroatoms. The second-order valence-corrected chi connectivity index (χ2v) is 8.03. The Kier molecular flexibility index (Phi) is 6.32. The summed E-state index contributed by atoms with van der Waals surface area (Å²) in [6, 6.07) is 3.55.